The molecule has 0 aliphatic carbocycles. The van der Waals surface area contributed by atoms with Crippen molar-refractivity contribution in [2.75, 3.05) is 6.79 Å². The third kappa shape index (κ3) is 3.57. The second-order valence-corrected chi connectivity index (χ2v) is 6.84. The zero-order chi connectivity index (χ0) is 17.9. The second kappa shape index (κ2) is 7.44. The van der Waals surface area contributed by atoms with Crippen molar-refractivity contribution in [2.45, 2.75) is 12.3 Å². The van der Waals surface area contributed by atoms with Gasteiger partial charge in [0.15, 0.2) is 0 Å². The molecule has 4 nitrogen and oxygen atoms in total. The van der Waals surface area contributed by atoms with Crippen LogP contribution < -0.4 is 0 Å². The van der Waals surface area contributed by atoms with Gasteiger partial charge in [0.05, 0.1) is 22.8 Å². The van der Waals surface area contributed by atoms with Crippen LogP contribution in [0, 0.1) is 0 Å². The third-order valence-corrected chi connectivity index (χ3v) is 4.81. The van der Waals surface area contributed by atoms with Crippen molar-refractivity contribution in [3.63, 3.8) is 0 Å². The molecule has 2 heterocycles. The van der Waals surface area contributed by atoms with E-state index in [1.54, 1.807) is 24.6 Å². The fraction of sp³-hybridized carbons (Fsp3) is 0.150. The Bertz CT molecular complexity index is 938. The Labute approximate surface area is 161 Å². The highest BCUT2D eigenvalue weighted by atomic mass is 35.5. The standard InChI is InChI=1S/C20H16Cl2N2O2/c21-14-6-7-15(17(22)9-14)18-10-23-20(24-18)16(19-11-25-12-26-19)8-13-4-2-1-3-5-13/h1-7,9-11,16H,8,12H2,(H,23,24). The summed E-state index contributed by atoms with van der Waals surface area (Å²) in [5.41, 5.74) is 2.88. The normalized spacial score (nSPS) is 14.5. The van der Waals surface area contributed by atoms with Crippen molar-refractivity contribution < 1.29 is 9.47 Å². The number of aromatic amines is 1. The van der Waals surface area contributed by atoms with Gasteiger partial charge in [-0.2, -0.15) is 0 Å². The Hall–Kier alpha value is -2.43. The number of rotatable bonds is 5. The predicted octanol–water partition coefficient (Wildman–Crippen LogP) is 5.56. The van der Waals surface area contributed by atoms with Gasteiger partial charge in [-0.05, 0) is 30.2 Å². The van der Waals surface area contributed by atoms with Crippen LogP contribution in [0.3, 0.4) is 0 Å². The Morgan fingerprint density at radius 3 is 2.69 bits per heavy atom. The molecule has 4 rings (SSSR count). The minimum absolute atomic E-state index is 0.0697. The van der Waals surface area contributed by atoms with Gasteiger partial charge < -0.3 is 14.5 Å². The quantitative estimate of drug-likeness (QED) is 0.624. The van der Waals surface area contributed by atoms with E-state index in [1.807, 2.05) is 24.3 Å². The third-order valence-electron chi connectivity index (χ3n) is 4.27. The smallest absolute Gasteiger partial charge is 0.229 e. The van der Waals surface area contributed by atoms with Crippen LogP contribution in [-0.4, -0.2) is 16.8 Å². The van der Waals surface area contributed by atoms with Crippen molar-refractivity contribution in [1.82, 2.24) is 9.97 Å². The van der Waals surface area contributed by atoms with E-state index >= 15 is 0 Å². The van der Waals surface area contributed by atoms with E-state index in [9.17, 15) is 0 Å². The molecular weight excluding hydrogens is 371 g/mol. The Morgan fingerprint density at radius 1 is 1.12 bits per heavy atom. The van der Waals surface area contributed by atoms with Gasteiger partial charge in [0.25, 0.3) is 0 Å². The van der Waals surface area contributed by atoms with Gasteiger partial charge in [0, 0.05) is 10.6 Å². The van der Waals surface area contributed by atoms with Crippen molar-refractivity contribution in [3.05, 3.63) is 88.2 Å². The molecule has 2 aromatic carbocycles. The van der Waals surface area contributed by atoms with E-state index in [0.717, 1.165) is 29.3 Å². The summed E-state index contributed by atoms with van der Waals surface area (Å²) >= 11 is 12.3. The number of aromatic nitrogens is 2. The zero-order valence-corrected chi connectivity index (χ0v) is 15.3. The number of nitrogens with zero attached hydrogens (tertiary/aromatic N) is 1. The van der Waals surface area contributed by atoms with Crippen molar-refractivity contribution in [1.29, 1.82) is 0 Å². The molecule has 1 atom stereocenters. The lowest BCUT2D eigenvalue weighted by Gasteiger charge is -2.15. The van der Waals surface area contributed by atoms with Crippen LogP contribution in [0.15, 0.2) is 66.7 Å². The number of hydrogen-bond donors (Lipinski definition) is 1. The van der Waals surface area contributed by atoms with E-state index in [0.29, 0.717) is 10.0 Å². The minimum atomic E-state index is -0.0697. The van der Waals surface area contributed by atoms with Crippen LogP contribution in [0.25, 0.3) is 11.3 Å². The number of imidazole rings is 1. The molecular formula is C20H16Cl2N2O2. The molecule has 0 amide bonds. The molecule has 0 saturated carbocycles. The molecule has 3 aromatic rings. The van der Waals surface area contributed by atoms with E-state index in [4.69, 9.17) is 32.7 Å². The highest BCUT2D eigenvalue weighted by Gasteiger charge is 2.25. The first-order chi connectivity index (χ1) is 12.7. The summed E-state index contributed by atoms with van der Waals surface area (Å²) in [5.74, 6) is 1.49. The Balaban J connectivity index is 1.67. The summed E-state index contributed by atoms with van der Waals surface area (Å²) in [6, 6.07) is 15.6. The first-order valence-electron chi connectivity index (χ1n) is 8.19. The van der Waals surface area contributed by atoms with E-state index in [1.165, 1.54) is 5.56 Å². The summed E-state index contributed by atoms with van der Waals surface area (Å²) < 4.78 is 10.9. The number of ether oxygens (including phenoxy) is 2. The summed E-state index contributed by atoms with van der Waals surface area (Å²) in [6.07, 6.45) is 4.18. The monoisotopic (exact) mass is 386 g/mol. The lowest BCUT2D eigenvalue weighted by atomic mass is 9.97. The number of nitrogens with one attached hydrogen (secondary N) is 1. The molecule has 0 fully saturated rings. The second-order valence-electron chi connectivity index (χ2n) is 6.00. The van der Waals surface area contributed by atoms with Gasteiger partial charge in [-0.15, -0.1) is 0 Å². The summed E-state index contributed by atoms with van der Waals surface area (Å²) in [7, 11) is 0. The molecule has 1 unspecified atom stereocenters. The summed E-state index contributed by atoms with van der Waals surface area (Å²) in [6.45, 7) is 0.233. The molecule has 0 bridgehead atoms. The van der Waals surface area contributed by atoms with Crippen LogP contribution in [0.5, 0.6) is 0 Å². The van der Waals surface area contributed by atoms with Crippen molar-refractivity contribution >= 4 is 23.2 Å². The maximum Gasteiger partial charge on any atom is 0.229 e. The highest BCUT2D eigenvalue weighted by Crippen LogP contribution is 2.33. The summed E-state index contributed by atoms with van der Waals surface area (Å²) in [4.78, 5) is 7.95. The van der Waals surface area contributed by atoms with Crippen molar-refractivity contribution in [2.24, 2.45) is 0 Å². The van der Waals surface area contributed by atoms with Crippen LogP contribution in [0.4, 0.5) is 0 Å². The SMILES string of the molecule is Clc1ccc(-c2cnc(C(Cc3ccccc3)C3=COCO3)[nH]2)c(Cl)c1. The fourth-order valence-corrected chi connectivity index (χ4v) is 3.49. The lowest BCUT2D eigenvalue weighted by molar-refractivity contribution is 0.0748. The Morgan fingerprint density at radius 2 is 1.96 bits per heavy atom. The van der Waals surface area contributed by atoms with E-state index in [2.05, 4.69) is 22.1 Å². The van der Waals surface area contributed by atoms with Crippen LogP contribution in [0.2, 0.25) is 10.0 Å². The number of benzene rings is 2. The molecule has 0 saturated heterocycles. The maximum absolute atomic E-state index is 6.32. The van der Waals surface area contributed by atoms with E-state index < -0.39 is 0 Å². The fourth-order valence-electron chi connectivity index (χ4n) is 2.98. The first kappa shape index (κ1) is 17.0. The number of H-pyrrole nitrogens is 1. The molecule has 6 heteroatoms. The minimum Gasteiger partial charge on any atom is -0.462 e. The first-order valence-corrected chi connectivity index (χ1v) is 8.95. The summed E-state index contributed by atoms with van der Waals surface area (Å²) in [5, 5.41) is 1.18. The van der Waals surface area contributed by atoms with Crippen LogP contribution in [-0.2, 0) is 15.9 Å². The number of halogens is 2. The molecule has 0 radical (unpaired) electrons. The molecule has 0 spiro atoms. The van der Waals surface area contributed by atoms with Gasteiger partial charge in [-0.25, -0.2) is 4.98 Å². The molecule has 1 aromatic heterocycles. The molecule has 1 aliphatic rings. The number of allylic oxidation sites excluding steroid dienone is 1. The lowest BCUT2D eigenvalue weighted by Crippen LogP contribution is -2.09. The molecule has 1 aliphatic heterocycles. The Kier molecular flexibility index (Phi) is 4.87. The van der Waals surface area contributed by atoms with Gasteiger partial charge in [0.1, 0.15) is 17.8 Å². The van der Waals surface area contributed by atoms with Gasteiger partial charge in [-0.1, -0.05) is 53.5 Å². The predicted molar refractivity (Wildman–Crippen MR) is 102 cm³/mol. The van der Waals surface area contributed by atoms with E-state index in [-0.39, 0.29) is 12.7 Å². The molecule has 1 N–H and O–H groups in total. The zero-order valence-electron chi connectivity index (χ0n) is 13.8. The van der Waals surface area contributed by atoms with Crippen molar-refractivity contribution in [3.8, 4) is 11.3 Å². The van der Waals surface area contributed by atoms with Crippen LogP contribution >= 0.6 is 23.2 Å². The van der Waals surface area contributed by atoms with Gasteiger partial charge >= 0.3 is 0 Å². The average Bonchev–Trinajstić information content (AvgIpc) is 3.33. The van der Waals surface area contributed by atoms with Gasteiger partial charge in [-0.3, -0.25) is 0 Å². The molecule has 26 heavy (non-hydrogen) atoms. The van der Waals surface area contributed by atoms with Gasteiger partial charge in [0.2, 0.25) is 6.79 Å². The topological polar surface area (TPSA) is 47.1 Å². The molecule has 132 valence electrons. The van der Waals surface area contributed by atoms with Crippen LogP contribution in [0.1, 0.15) is 17.3 Å². The largest absolute Gasteiger partial charge is 0.462 e. The average molecular weight is 387 g/mol. The maximum atomic E-state index is 6.32. The highest BCUT2D eigenvalue weighted by molar-refractivity contribution is 6.36. The number of hydrogen-bond acceptors (Lipinski definition) is 3.